The van der Waals surface area contributed by atoms with Crippen molar-refractivity contribution in [2.45, 2.75) is 61.4 Å². The number of ether oxygens (including phenoxy) is 13. The summed E-state index contributed by atoms with van der Waals surface area (Å²) < 4.78 is 74.6. The number of carbonyl (C=O) groups is 10. The van der Waals surface area contributed by atoms with Gasteiger partial charge in [0.2, 0.25) is 88.0 Å². The molecule has 52 heteroatoms. The Morgan fingerprint density at radius 2 is 0.507 bits per heavy atom. The third kappa shape index (κ3) is 13.9. The van der Waals surface area contributed by atoms with Gasteiger partial charge in [-0.3, -0.25) is 0 Å². The Hall–Kier alpha value is -19.2. The highest BCUT2D eigenvalue weighted by Gasteiger charge is 2.59. The van der Waals surface area contributed by atoms with Crippen molar-refractivity contribution in [3.8, 4) is 223 Å². The number of hydrogen-bond donors (Lipinski definition) is 29. The number of esters is 10. The van der Waals surface area contributed by atoms with E-state index in [1.807, 2.05) is 0 Å². The molecule has 0 radical (unpaired) electrons. The predicted octanol–water partition coefficient (Wildman–Crippen LogP) is 3.69. The first kappa shape index (κ1) is 88.3. The average molecular weight is 1870 g/mol. The van der Waals surface area contributed by atoms with Crippen molar-refractivity contribution in [1.82, 2.24) is 0 Å². The van der Waals surface area contributed by atoms with E-state index >= 15 is 38.4 Å². The van der Waals surface area contributed by atoms with Gasteiger partial charge in [-0.25, -0.2) is 47.9 Å². The summed E-state index contributed by atoms with van der Waals surface area (Å²) >= 11 is 0. The normalized spacial score (nSPS) is 20.1. The molecule has 52 nitrogen and oxygen atoms in total. The van der Waals surface area contributed by atoms with Crippen molar-refractivity contribution < 1.29 is 258 Å². The molecule has 0 spiro atoms. The van der Waals surface area contributed by atoms with E-state index in [1.165, 1.54) is 0 Å². The van der Waals surface area contributed by atoms with Crippen LogP contribution in [-0.2, 0) is 56.8 Å². The minimum absolute atomic E-state index is 0.108. The number of cyclic esters (lactones) is 2. The maximum absolute atomic E-state index is 15.4. The molecular weight excluding hydrogens is 1820 g/mol. The Morgan fingerprint density at radius 3 is 0.858 bits per heavy atom. The Balaban J connectivity index is 0.804. The molecule has 10 atom stereocenters. The zero-order valence-electron chi connectivity index (χ0n) is 65.4. The smallest absolute Gasteiger partial charge is 0.344 e. The van der Waals surface area contributed by atoms with Crippen molar-refractivity contribution in [3.05, 3.63) is 122 Å². The first-order valence-electron chi connectivity index (χ1n) is 37.2. The van der Waals surface area contributed by atoms with Crippen molar-refractivity contribution >= 4 is 59.7 Å². The van der Waals surface area contributed by atoms with Crippen LogP contribution in [0.15, 0.2) is 66.7 Å². The highest BCUT2D eigenvalue weighted by molar-refractivity contribution is 6.13. The maximum Gasteiger partial charge on any atom is 0.344 e. The standard InChI is InChI=1S/C82H54O52/c83-25-1-14(71(112)133-81-69-67(129-76(117)19-7-29(87)50(98)58(106)40(19)42-21(78(119)131-69)9-31(89)52(100)60(42)108)66-35(125-81)12-122-72(113)17-5-27(85)48(96)56(104)38(17)39-18(75(116)128-66)6-28(86)49(97)57(39)105)2-34(46(25)94)124-64-24(11-33(91)54(102)63(64)111)80(121)134-82-70-68(130-77(118)20-8-30(88)51(99)59(107)41(20)43-22(79(120)132-70)10-32(90)53(101)61(43)109)65-36(126-82)13-123-73(114)23-3-15(44(92)62(110)45(23)93)37-16(74(115)127-65)4-26(84)47(95)55(37)103/h1-11,35-36,65-70,81-111H,12-13H2. The Morgan fingerprint density at radius 1 is 0.239 bits per heavy atom. The summed E-state index contributed by atoms with van der Waals surface area (Å²) in [5.41, 5.74) is -23.0. The van der Waals surface area contributed by atoms with Gasteiger partial charge < -0.3 is 210 Å². The number of aromatic hydroxyl groups is 29. The predicted molar refractivity (Wildman–Crippen MR) is 413 cm³/mol. The van der Waals surface area contributed by atoms with Crippen LogP contribution in [0.5, 0.6) is 178 Å². The topological polar surface area (TPSA) is 877 Å². The fourth-order valence-electron chi connectivity index (χ4n) is 15.2. The minimum Gasteiger partial charge on any atom is -0.504 e. The van der Waals surface area contributed by atoms with Gasteiger partial charge in [-0.15, -0.1) is 0 Å². The zero-order valence-corrected chi connectivity index (χ0v) is 65.4. The van der Waals surface area contributed by atoms with Crippen molar-refractivity contribution in [1.29, 1.82) is 0 Å². The van der Waals surface area contributed by atoms with E-state index in [0.717, 1.165) is 0 Å². The fraction of sp³-hybridized carbons (Fsp3) is 0.146. The summed E-state index contributed by atoms with van der Waals surface area (Å²) in [6, 6.07) is 2.97. The van der Waals surface area contributed by atoms with Crippen LogP contribution in [0.3, 0.4) is 0 Å². The van der Waals surface area contributed by atoms with Crippen LogP contribution in [0.25, 0.3) is 44.5 Å². The highest BCUT2D eigenvalue weighted by Crippen LogP contribution is 2.61. The van der Waals surface area contributed by atoms with Crippen molar-refractivity contribution in [3.63, 3.8) is 0 Å². The Labute approximate surface area is 734 Å². The average Bonchev–Trinajstić information content (AvgIpc) is 0.941. The van der Waals surface area contributed by atoms with Crippen LogP contribution < -0.4 is 4.74 Å². The van der Waals surface area contributed by atoms with Gasteiger partial charge in [0.15, 0.2) is 139 Å². The molecule has 10 unspecified atom stereocenters. The second-order valence-corrected chi connectivity index (χ2v) is 29.4. The van der Waals surface area contributed by atoms with Gasteiger partial charge in [-0.1, -0.05) is 0 Å². The van der Waals surface area contributed by atoms with Gasteiger partial charge >= 0.3 is 59.7 Å². The lowest BCUT2D eigenvalue weighted by atomic mass is 9.91. The second-order valence-electron chi connectivity index (χ2n) is 29.4. The largest absolute Gasteiger partial charge is 0.504 e. The summed E-state index contributed by atoms with van der Waals surface area (Å²) in [5.74, 6) is -68.7. The van der Waals surface area contributed by atoms with Crippen LogP contribution in [0.1, 0.15) is 104 Å². The molecule has 134 heavy (non-hydrogen) atoms. The van der Waals surface area contributed by atoms with E-state index in [0.29, 0.717) is 18.2 Å². The minimum atomic E-state index is -3.09. The summed E-state index contributed by atoms with van der Waals surface area (Å²) in [5, 5.41) is 322. The van der Waals surface area contributed by atoms with Crippen molar-refractivity contribution in [2.75, 3.05) is 13.2 Å². The summed E-state index contributed by atoms with van der Waals surface area (Å²) in [4.78, 5) is 150. The number of carbonyl (C=O) groups excluding carboxylic acids is 10. The second kappa shape index (κ2) is 31.7. The van der Waals surface area contributed by atoms with Gasteiger partial charge in [0.1, 0.15) is 36.5 Å². The molecule has 2 fully saturated rings. The Bertz CT molecular complexity index is 6980. The molecule has 6 aliphatic rings. The van der Waals surface area contributed by atoms with Crippen LogP contribution in [0, 0.1) is 0 Å². The third-order valence-electron chi connectivity index (χ3n) is 21.6. The number of benzene rings is 10. The van der Waals surface area contributed by atoms with Gasteiger partial charge in [0.05, 0.1) is 44.5 Å². The summed E-state index contributed by atoms with van der Waals surface area (Å²) in [6.07, 6.45) is -28.4. The van der Waals surface area contributed by atoms with Crippen LogP contribution in [-0.4, -0.2) is 282 Å². The molecular formula is C82H54O52. The molecule has 10 aromatic carbocycles. The molecule has 29 N–H and O–H groups in total. The van der Waals surface area contributed by atoms with Gasteiger partial charge in [0, 0.05) is 50.6 Å². The molecule has 694 valence electrons. The molecule has 0 aliphatic carbocycles. The SMILES string of the molecule is O=C(OC1OC2COC(=O)c3cc(O)c(O)c(O)c3-c3c(cc(O)c(O)c3O)C(=O)OC2C2OC(=O)c3cc(O)c(O)c(O)c3-c3c(cc(O)c(O)c3O)C(=O)OC12)c1cc(O)c(O)c(Oc2c(C(=O)OC3OC4COC(=O)c5cc(c(O)c(O)c5O)-c5c(cc(O)c(O)c5O)C(=O)OC4C4OC(=O)c5cc(O)c(O)c(O)c5-c5c(cc(O)c(O)c5O)C(=O)OC34)cc(O)c(O)c2O)c1. The molecule has 0 aromatic heterocycles. The molecule has 2 saturated heterocycles. The molecule has 16 rings (SSSR count). The van der Waals surface area contributed by atoms with Gasteiger partial charge in [-0.05, 0) is 60.7 Å². The molecule has 6 heterocycles. The first-order valence-corrected chi connectivity index (χ1v) is 37.2. The van der Waals surface area contributed by atoms with E-state index in [4.69, 9.17) is 61.6 Å². The fourth-order valence-corrected chi connectivity index (χ4v) is 15.2. The van der Waals surface area contributed by atoms with Gasteiger partial charge in [-0.2, -0.15) is 0 Å². The van der Waals surface area contributed by atoms with E-state index < -0.39 is 413 Å². The quantitative estimate of drug-likeness (QED) is 0.0641. The zero-order chi connectivity index (χ0) is 97.2. The molecule has 0 amide bonds. The number of rotatable bonds is 6. The Kier molecular flexibility index (Phi) is 20.9. The molecule has 2 bridgehead atoms. The number of phenolic OH excluding ortho intramolecular Hbond substituents is 29. The lowest BCUT2D eigenvalue weighted by Crippen LogP contribution is -2.63. The number of hydrogen-bond acceptors (Lipinski definition) is 52. The number of phenols is 29. The molecule has 6 aliphatic heterocycles. The van der Waals surface area contributed by atoms with Crippen LogP contribution >= 0.6 is 0 Å². The molecule has 0 saturated carbocycles. The first-order chi connectivity index (χ1) is 63.1. The van der Waals surface area contributed by atoms with Crippen LogP contribution in [0.2, 0.25) is 0 Å². The molecule has 10 aromatic rings. The highest BCUT2D eigenvalue weighted by atomic mass is 16.8. The van der Waals surface area contributed by atoms with E-state index in [-0.39, 0.29) is 48.5 Å². The number of fused-ring (bicyclic) bond motifs is 19. The monoisotopic (exact) mass is 1870 g/mol. The van der Waals surface area contributed by atoms with Gasteiger partial charge in [0.25, 0.3) is 0 Å². The third-order valence-corrected chi connectivity index (χ3v) is 21.6. The van der Waals surface area contributed by atoms with E-state index in [1.54, 1.807) is 0 Å². The summed E-state index contributed by atoms with van der Waals surface area (Å²) in [7, 11) is 0. The lowest BCUT2D eigenvalue weighted by molar-refractivity contribution is -0.283. The van der Waals surface area contributed by atoms with Crippen molar-refractivity contribution in [2.24, 2.45) is 0 Å². The van der Waals surface area contributed by atoms with Crippen LogP contribution in [0.4, 0.5) is 0 Å². The van der Waals surface area contributed by atoms with E-state index in [9.17, 15) is 158 Å². The summed E-state index contributed by atoms with van der Waals surface area (Å²) in [6.45, 7) is -3.12. The lowest BCUT2D eigenvalue weighted by Gasteiger charge is -2.44. The maximum atomic E-state index is 15.4. The van der Waals surface area contributed by atoms with E-state index in [2.05, 4.69) is 0 Å².